The molecule has 0 amide bonds. The molecule has 0 unspecified atom stereocenters. The molecule has 2 aromatic rings. The van der Waals surface area contributed by atoms with Crippen molar-refractivity contribution in [1.29, 1.82) is 0 Å². The van der Waals surface area contributed by atoms with Gasteiger partial charge in [0.1, 0.15) is 0 Å². The van der Waals surface area contributed by atoms with Gasteiger partial charge in [-0.25, -0.2) is 14.9 Å². The number of carboxylic acids is 2. The smallest absolute Gasteiger partial charge is 0.336 e. The minimum Gasteiger partial charge on any atom is -0.478 e. The average Bonchev–Trinajstić information content (AvgIpc) is 2.48. The second kappa shape index (κ2) is 6.67. The Morgan fingerprint density at radius 3 is 1.52 bits per heavy atom. The molecular formula is C16H14NO4. The average molecular weight is 284 g/mol. The summed E-state index contributed by atoms with van der Waals surface area (Å²) in [6.07, 6.45) is 0. The minimum absolute atomic E-state index is 0.216. The lowest BCUT2D eigenvalue weighted by atomic mass is 10.1. The molecule has 1 radical (unpaired) electrons. The molecule has 107 valence electrons. The summed E-state index contributed by atoms with van der Waals surface area (Å²) in [4.78, 5) is 22.2. The van der Waals surface area contributed by atoms with Crippen LogP contribution in [0.25, 0.3) is 0 Å². The van der Waals surface area contributed by atoms with Gasteiger partial charge in [-0.05, 0) is 23.3 Å². The summed E-state index contributed by atoms with van der Waals surface area (Å²) in [6.45, 7) is 0.465. The Hall–Kier alpha value is -2.66. The van der Waals surface area contributed by atoms with Crippen LogP contribution in [-0.2, 0) is 13.1 Å². The maximum Gasteiger partial charge on any atom is 0.336 e. The van der Waals surface area contributed by atoms with Crippen LogP contribution in [-0.4, -0.2) is 22.2 Å². The van der Waals surface area contributed by atoms with Crippen molar-refractivity contribution in [3.63, 3.8) is 0 Å². The molecule has 5 heteroatoms. The number of carboxylic acid groups (broad SMARTS) is 2. The summed E-state index contributed by atoms with van der Waals surface area (Å²) in [6, 6.07) is 13.3. The van der Waals surface area contributed by atoms with E-state index in [-0.39, 0.29) is 24.2 Å². The molecule has 0 atom stereocenters. The molecule has 2 N–H and O–H groups in total. The largest absolute Gasteiger partial charge is 0.478 e. The van der Waals surface area contributed by atoms with E-state index in [0.29, 0.717) is 11.1 Å². The van der Waals surface area contributed by atoms with E-state index in [0.717, 1.165) is 0 Å². The van der Waals surface area contributed by atoms with Gasteiger partial charge in [-0.2, -0.15) is 0 Å². The van der Waals surface area contributed by atoms with Crippen LogP contribution in [0.3, 0.4) is 0 Å². The monoisotopic (exact) mass is 284 g/mol. The molecule has 0 heterocycles. The normalized spacial score (nSPS) is 10.3. The highest BCUT2D eigenvalue weighted by Gasteiger charge is 2.11. The van der Waals surface area contributed by atoms with Crippen molar-refractivity contribution in [3.05, 3.63) is 70.8 Å². The summed E-state index contributed by atoms with van der Waals surface area (Å²) in [5.74, 6) is -1.99. The minimum atomic E-state index is -0.994. The molecule has 2 aromatic carbocycles. The van der Waals surface area contributed by atoms with Gasteiger partial charge in [0.2, 0.25) is 0 Å². The van der Waals surface area contributed by atoms with Crippen LogP contribution in [0.2, 0.25) is 0 Å². The van der Waals surface area contributed by atoms with Crippen molar-refractivity contribution in [1.82, 2.24) is 5.32 Å². The Kier molecular flexibility index (Phi) is 4.68. The van der Waals surface area contributed by atoms with Gasteiger partial charge in [0.25, 0.3) is 0 Å². The van der Waals surface area contributed by atoms with Gasteiger partial charge in [0, 0.05) is 13.1 Å². The van der Waals surface area contributed by atoms with E-state index in [9.17, 15) is 9.59 Å². The van der Waals surface area contributed by atoms with Crippen molar-refractivity contribution < 1.29 is 19.8 Å². The summed E-state index contributed by atoms with van der Waals surface area (Å²) >= 11 is 0. The van der Waals surface area contributed by atoms with Gasteiger partial charge in [-0.1, -0.05) is 36.4 Å². The van der Waals surface area contributed by atoms with E-state index in [1.807, 2.05) is 0 Å². The topological polar surface area (TPSA) is 88.7 Å². The third-order valence-electron chi connectivity index (χ3n) is 3.06. The quantitative estimate of drug-likeness (QED) is 0.852. The molecule has 0 spiro atoms. The molecule has 0 fully saturated rings. The van der Waals surface area contributed by atoms with Gasteiger partial charge in [-0.3, -0.25) is 0 Å². The first kappa shape index (κ1) is 14.7. The summed E-state index contributed by atoms with van der Waals surface area (Å²) in [5, 5.41) is 22.4. The maximum absolute atomic E-state index is 11.1. The number of hydrogen-bond donors (Lipinski definition) is 2. The molecule has 21 heavy (non-hydrogen) atoms. The fourth-order valence-electron chi connectivity index (χ4n) is 2.03. The summed E-state index contributed by atoms with van der Waals surface area (Å²) in [5.41, 5.74) is 1.65. The predicted molar refractivity (Wildman–Crippen MR) is 76.3 cm³/mol. The number of aromatic carboxylic acids is 2. The third-order valence-corrected chi connectivity index (χ3v) is 3.06. The number of rotatable bonds is 6. The Balaban J connectivity index is 2.06. The van der Waals surface area contributed by atoms with Crippen LogP contribution < -0.4 is 5.32 Å². The Morgan fingerprint density at radius 2 is 1.14 bits per heavy atom. The summed E-state index contributed by atoms with van der Waals surface area (Å²) < 4.78 is 0. The van der Waals surface area contributed by atoms with Gasteiger partial charge in [0.15, 0.2) is 0 Å². The second-order valence-corrected chi connectivity index (χ2v) is 4.46. The Labute approximate surface area is 121 Å². The van der Waals surface area contributed by atoms with Crippen LogP contribution in [0.1, 0.15) is 31.8 Å². The second-order valence-electron chi connectivity index (χ2n) is 4.46. The SMILES string of the molecule is O=C(O)c1ccccc1C[N]Cc1ccccc1C(=O)O. The molecule has 0 aliphatic heterocycles. The Morgan fingerprint density at radius 1 is 0.762 bits per heavy atom. The fourth-order valence-corrected chi connectivity index (χ4v) is 2.03. The first-order chi connectivity index (χ1) is 10.1. The van der Waals surface area contributed by atoms with E-state index >= 15 is 0 Å². The highest BCUT2D eigenvalue weighted by Crippen LogP contribution is 2.12. The van der Waals surface area contributed by atoms with Gasteiger partial charge in [0.05, 0.1) is 11.1 Å². The maximum atomic E-state index is 11.1. The van der Waals surface area contributed by atoms with Crippen LogP contribution >= 0.6 is 0 Å². The lowest BCUT2D eigenvalue weighted by Crippen LogP contribution is -2.12. The highest BCUT2D eigenvalue weighted by atomic mass is 16.4. The number of benzene rings is 2. The number of hydrogen-bond acceptors (Lipinski definition) is 2. The lowest BCUT2D eigenvalue weighted by molar-refractivity contribution is 0.0685. The molecular weight excluding hydrogens is 270 g/mol. The van der Waals surface area contributed by atoms with Crippen molar-refractivity contribution >= 4 is 11.9 Å². The molecule has 0 aromatic heterocycles. The van der Waals surface area contributed by atoms with Crippen molar-refractivity contribution in [2.75, 3.05) is 0 Å². The van der Waals surface area contributed by atoms with E-state index < -0.39 is 11.9 Å². The molecule has 5 nitrogen and oxygen atoms in total. The van der Waals surface area contributed by atoms with E-state index in [1.54, 1.807) is 36.4 Å². The summed E-state index contributed by atoms with van der Waals surface area (Å²) in [7, 11) is 0. The van der Waals surface area contributed by atoms with Gasteiger partial charge < -0.3 is 10.2 Å². The molecule has 0 saturated heterocycles. The lowest BCUT2D eigenvalue weighted by Gasteiger charge is -2.08. The molecule has 2 rings (SSSR count). The van der Waals surface area contributed by atoms with Crippen LogP contribution in [0.5, 0.6) is 0 Å². The molecule has 0 aliphatic rings. The zero-order chi connectivity index (χ0) is 15.2. The number of carbonyl (C=O) groups is 2. The van der Waals surface area contributed by atoms with Crippen LogP contribution in [0, 0.1) is 0 Å². The third kappa shape index (κ3) is 3.67. The van der Waals surface area contributed by atoms with Crippen molar-refractivity contribution in [2.45, 2.75) is 13.1 Å². The zero-order valence-corrected chi connectivity index (χ0v) is 11.2. The first-order valence-electron chi connectivity index (χ1n) is 6.35. The van der Waals surface area contributed by atoms with Crippen molar-refractivity contribution in [2.24, 2.45) is 0 Å². The standard InChI is InChI=1S/C16H14NO4/c18-15(19)13-7-3-1-5-11(13)9-17-10-12-6-2-4-8-14(12)16(20)21/h1-8H,9-10H2,(H,18,19)(H,20,21). The Bertz CT molecular complexity index is 609. The predicted octanol–water partition coefficient (Wildman–Crippen LogP) is 2.39. The van der Waals surface area contributed by atoms with Crippen LogP contribution in [0.4, 0.5) is 0 Å². The van der Waals surface area contributed by atoms with E-state index in [1.165, 1.54) is 12.1 Å². The van der Waals surface area contributed by atoms with Gasteiger partial charge >= 0.3 is 11.9 Å². The fraction of sp³-hybridized carbons (Fsp3) is 0.125. The van der Waals surface area contributed by atoms with Crippen LogP contribution in [0.15, 0.2) is 48.5 Å². The van der Waals surface area contributed by atoms with E-state index in [4.69, 9.17) is 10.2 Å². The molecule has 0 saturated carbocycles. The van der Waals surface area contributed by atoms with Gasteiger partial charge in [-0.15, -0.1) is 0 Å². The first-order valence-corrected chi connectivity index (χ1v) is 6.35. The molecule has 0 aliphatic carbocycles. The highest BCUT2D eigenvalue weighted by molar-refractivity contribution is 5.89. The number of nitrogens with zero attached hydrogens (tertiary/aromatic N) is 1. The van der Waals surface area contributed by atoms with Crippen molar-refractivity contribution in [3.8, 4) is 0 Å². The molecule has 0 bridgehead atoms. The van der Waals surface area contributed by atoms with E-state index in [2.05, 4.69) is 5.32 Å². The zero-order valence-electron chi connectivity index (χ0n) is 11.2.